The number of nitrogens with zero attached hydrogens (tertiary/aromatic N) is 2. The molecule has 27 heavy (non-hydrogen) atoms. The summed E-state index contributed by atoms with van der Waals surface area (Å²) in [6, 6.07) is 3.81. The van der Waals surface area contributed by atoms with Gasteiger partial charge < -0.3 is 23.9 Å². The van der Waals surface area contributed by atoms with Crippen molar-refractivity contribution >= 4 is 23.6 Å². The van der Waals surface area contributed by atoms with Crippen molar-refractivity contribution in [3.8, 4) is 0 Å². The van der Waals surface area contributed by atoms with E-state index in [4.69, 9.17) is 18.8 Å². The number of fused-ring (bicyclic) bond motifs is 1. The fraction of sp³-hybridized carbons (Fsp3) is 0.632. The minimum absolute atomic E-state index is 0.00885. The van der Waals surface area contributed by atoms with Crippen LogP contribution in [0.2, 0.25) is 0 Å². The zero-order chi connectivity index (χ0) is 19.2. The molecule has 146 valence electrons. The third kappa shape index (κ3) is 3.52. The standard InChI is InChI=1S/C19H27BN2O5/c1-18(2)19(3,4)27-20(26-18)13-11-16-15(21-12-13)5-8-22(16)17(23)25-14-6-9-24-10-7-14/h5,8,11-12,14,17,23H,6-7,9-10H2,1-4H3. The maximum Gasteiger partial charge on any atom is 0.496 e. The Morgan fingerprint density at radius 1 is 1.22 bits per heavy atom. The normalized spacial score (nSPS) is 23.8. The van der Waals surface area contributed by atoms with Gasteiger partial charge in [0.2, 0.25) is 6.41 Å². The largest absolute Gasteiger partial charge is 0.496 e. The number of rotatable bonds is 4. The van der Waals surface area contributed by atoms with Gasteiger partial charge in [-0.2, -0.15) is 0 Å². The van der Waals surface area contributed by atoms with E-state index in [9.17, 15) is 5.11 Å². The Morgan fingerprint density at radius 3 is 2.56 bits per heavy atom. The molecular formula is C19H27BN2O5. The topological polar surface area (TPSA) is 75.0 Å². The molecule has 4 rings (SSSR count). The first-order valence-corrected chi connectivity index (χ1v) is 9.50. The first-order valence-electron chi connectivity index (χ1n) is 9.50. The number of ether oxygens (including phenoxy) is 2. The van der Waals surface area contributed by atoms with Gasteiger partial charge in [0.15, 0.2) is 0 Å². The van der Waals surface area contributed by atoms with E-state index in [-0.39, 0.29) is 6.10 Å². The minimum Gasteiger partial charge on any atom is -0.399 e. The molecule has 1 N–H and O–H groups in total. The second-order valence-electron chi connectivity index (χ2n) is 8.26. The van der Waals surface area contributed by atoms with E-state index in [2.05, 4.69) is 4.98 Å². The molecule has 1 atom stereocenters. The van der Waals surface area contributed by atoms with Crippen LogP contribution in [0.25, 0.3) is 11.0 Å². The lowest BCUT2D eigenvalue weighted by Gasteiger charge is -2.32. The first-order chi connectivity index (χ1) is 12.8. The summed E-state index contributed by atoms with van der Waals surface area (Å²) >= 11 is 0. The molecule has 2 aromatic rings. The van der Waals surface area contributed by atoms with Crippen molar-refractivity contribution in [2.24, 2.45) is 0 Å². The van der Waals surface area contributed by atoms with Crippen molar-refractivity contribution < 1.29 is 23.9 Å². The lowest BCUT2D eigenvalue weighted by molar-refractivity contribution is -0.197. The summed E-state index contributed by atoms with van der Waals surface area (Å²) < 4.78 is 25.1. The molecule has 4 heterocycles. The first kappa shape index (κ1) is 18.9. The maximum atomic E-state index is 10.6. The molecule has 0 amide bonds. The van der Waals surface area contributed by atoms with Crippen LogP contribution in [-0.4, -0.2) is 52.3 Å². The van der Waals surface area contributed by atoms with Gasteiger partial charge in [0.1, 0.15) is 0 Å². The van der Waals surface area contributed by atoms with Crippen LogP contribution in [0.4, 0.5) is 0 Å². The van der Waals surface area contributed by atoms with E-state index in [0.717, 1.165) is 29.3 Å². The molecule has 1 unspecified atom stereocenters. The Morgan fingerprint density at radius 2 is 1.89 bits per heavy atom. The van der Waals surface area contributed by atoms with Crippen LogP contribution in [0.5, 0.6) is 0 Å². The van der Waals surface area contributed by atoms with E-state index in [0.29, 0.717) is 13.2 Å². The Hall–Kier alpha value is -1.45. The van der Waals surface area contributed by atoms with Gasteiger partial charge in [0, 0.05) is 31.1 Å². The van der Waals surface area contributed by atoms with Gasteiger partial charge in [-0.1, -0.05) is 0 Å². The Labute approximate surface area is 159 Å². The molecule has 0 spiro atoms. The molecule has 0 saturated carbocycles. The highest BCUT2D eigenvalue weighted by atomic mass is 16.7. The van der Waals surface area contributed by atoms with E-state index in [1.54, 1.807) is 17.0 Å². The van der Waals surface area contributed by atoms with Crippen LogP contribution in [0.3, 0.4) is 0 Å². The summed E-state index contributed by atoms with van der Waals surface area (Å²) in [5, 5.41) is 10.6. The number of aliphatic hydroxyl groups excluding tert-OH is 1. The minimum atomic E-state index is -1.07. The predicted octanol–water partition coefficient (Wildman–Crippen LogP) is 1.98. The maximum absolute atomic E-state index is 10.6. The third-order valence-electron chi connectivity index (χ3n) is 5.84. The summed E-state index contributed by atoms with van der Waals surface area (Å²) in [7, 11) is -0.496. The summed E-state index contributed by atoms with van der Waals surface area (Å²) in [4.78, 5) is 4.50. The van der Waals surface area contributed by atoms with E-state index >= 15 is 0 Å². The van der Waals surface area contributed by atoms with Crippen molar-refractivity contribution in [1.82, 2.24) is 9.55 Å². The molecule has 0 radical (unpaired) electrons. The molecule has 0 aromatic carbocycles. The highest BCUT2D eigenvalue weighted by Crippen LogP contribution is 2.36. The lowest BCUT2D eigenvalue weighted by Crippen LogP contribution is -2.41. The highest BCUT2D eigenvalue weighted by Gasteiger charge is 2.51. The fourth-order valence-corrected chi connectivity index (χ4v) is 3.40. The number of hydrogen-bond acceptors (Lipinski definition) is 6. The third-order valence-corrected chi connectivity index (χ3v) is 5.84. The van der Waals surface area contributed by atoms with Gasteiger partial charge in [-0.15, -0.1) is 0 Å². The predicted molar refractivity (Wildman–Crippen MR) is 102 cm³/mol. The monoisotopic (exact) mass is 374 g/mol. The molecule has 7 nitrogen and oxygen atoms in total. The van der Waals surface area contributed by atoms with Crippen LogP contribution < -0.4 is 5.46 Å². The van der Waals surface area contributed by atoms with E-state index in [1.165, 1.54) is 0 Å². The molecule has 8 heteroatoms. The molecule has 2 saturated heterocycles. The van der Waals surface area contributed by atoms with E-state index < -0.39 is 24.7 Å². The summed E-state index contributed by atoms with van der Waals surface area (Å²) in [5.74, 6) is 0. The number of hydrogen-bond donors (Lipinski definition) is 1. The van der Waals surface area contributed by atoms with Crippen molar-refractivity contribution in [2.75, 3.05) is 13.2 Å². The van der Waals surface area contributed by atoms with Gasteiger partial charge in [-0.05, 0) is 52.7 Å². The van der Waals surface area contributed by atoms with Crippen molar-refractivity contribution in [3.05, 3.63) is 24.5 Å². The second-order valence-corrected chi connectivity index (χ2v) is 8.26. The van der Waals surface area contributed by atoms with Crippen LogP contribution in [0, 0.1) is 0 Å². The number of aliphatic hydroxyl groups is 1. The molecule has 0 bridgehead atoms. The number of aromatic nitrogens is 2. The number of pyridine rings is 1. The summed E-state index contributed by atoms with van der Waals surface area (Å²) in [6.45, 7) is 9.41. The highest BCUT2D eigenvalue weighted by molar-refractivity contribution is 6.62. The summed E-state index contributed by atoms with van der Waals surface area (Å²) in [6.07, 6.45) is 4.05. The Kier molecular flexibility index (Phi) is 4.80. The van der Waals surface area contributed by atoms with Gasteiger partial charge in [-0.25, -0.2) is 0 Å². The average Bonchev–Trinajstić information content (AvgIpc) is 3.13. The van der Waals surface area contributed by atoms with Crippen molar-refractivity contribution in [3.63, 3.8) is 0 Å². The van der Waals surface area contributed by atoms with Crippen LogP contribution in [0.1, 0.15) is 47.0 Å². The molecule has 2 aliphatic rings. The molecule has 2 fully saturated rings. The second kappa shape index (κ2) is 6.86. The smallest absolute Gasteiger partial charge is 0.399 e. The zero-order valence-electron chi connectivity index (χ0n) is 16.3. The van der Waals surface area contributed by atoms with Crippen LogP contribution in [0.15, 0.2) is 24.5 Å². The van der Waals surface area contributed by atoms with Crippen LogP contribution in [-0.2, 0) is 18.8 Å². The average molecular weight is 374 g/mol. The van der Waals surface area contributed by atoms with Gasteiger partial charge in [-0.3, -0.25) is 9.55 Å². The SMILES string of the molecule is CC1(C)OB(c2cnc3ccn(C(O)OC4CCOCC4)c3c2)OC1(C)C. The Balaban J connectivity index is 1.58. The van der Waals surface area contributed by atoms with Gasteiger partial charge in [0.25, 0.3) is 0 Å². The van der Waals surface area contributed by atoms with E-state index in [1.807, 2.05) is 39.8 Å². The molecular weight excluding hydrogens is 347 g/mol. The fourth-order valence-electron chi connectivity index (χ4n) is 3.40. The van der Waals surface area contributed by atoms with Crippen molar-refractivity contribution in [1.29, 1.82) is 0 Å². The van der Waals surface area contributed by atoms with Gasteiger partial charge in [0.05, 0.1) is 28.3 Å². The molecule has 2 aliphatic heterocycles. The zero-order valence-corrected chi connectivity index (χ0v) is 16.3. The lowest BCUT2D eigenvalue weighted by atomic mass is 9.80. The quantitative estimate of drug-likeness (QED) is 0.652. The molecule has 0 aliphatic carbocycles. The van der Waals surface area contributed by atoms with Gasteiger partial charge >= 0.3 is 7.12 Å². The molecule has 2 aromatic heterocycles. The Bertz CT molecular complexity index is 800. The van der Waals surface area contributed by atoms with Crippen LogP contribution >= 0.6 is 0 Å². The van der Waals surface area contributed by atoms with Crippen molar-refractivity contribution in [2.45, 2.75) is 64.3 Å². The summed E-state index contributed by atoms with van der Waals surface area (Å²) in [5.41, 5.74) is 1.55.